The molecule has 0 spiro atoms. The van der Waals surface area contributed by atoms with Gasteiger partial charge in [-0.25, -0.2) is 0 Å². The van der Waals surface area contributed by atoms with Crippen molar-refractivity contribution >= 4 is 0 Å². The molecule has 0 unspecified atom stereocenters. The van der Waals surface area contributed by atoms with Gasteiger partial charge in [0.2, 0.25) is 0 Å². The Bertz CT molecular complexity index is 468. The Kier molecular flexibility index (Phi) is 4.64. The van der Waals surface area contributed by atoms with Crippen LogP contribution in [0.2, 0.25) is 0 Å². The van der Waals surface area contributed by atoms with Gasteiger partial charge in [0.15, 0.2) is 0 Å². The van der Waals surface area contributed by atoms with Crippen molar-refractivity contribution in [1.82, 2.24) is 4.90 Å². The highest BCUT2D eigenvalue weighted by atomic mass is 15.2. The first-order valence-corrected chi connectivity index (χ1v) is 9.38. The van der Waals surface area contributed by atoms with E-state index in [1.54, 1.807) is 5.56 Å². The standard InChI is InChI=1S/C21H33N/c1-20(2,3)18-10-12-19(13-11-18)21(14-6-4-7-15-21)22-16-8-5-9-17-22/h10-13H,4-9,14-17H2,1-3H3. The van der Waals surface area contributed by atoms with Crippen LogP contribution in [0.15, 0.2) is 24.3 Å². The molecule has 2 aliphatic rings. The molecule has 0 N–H and O–H groups in total. The fourth-order valence-corrected chi connectivity index (χ4v) is 4.53. The van der Waals surface area contributed by atoms with Gasteiger partial charge in [-0.1, -0.05) is 70.7 Å². The molecule has 22 heavy (non-hydrogen) atoms. The van der Waals surface area contributed by atoms with Crippen LogP contribution >= 0.6 is 0 Å². The van der Waals surface area contributed by atoms with Crippen LogP contribution in [0.4, 0.5) is 0 Å². The van der Waals surface area contributed by atoms with E-state index in [0.29, 0.717) is 5.54 Å². The maximum absolute atomic E-state index is 2.84. The van der Waals surface area contributed by atoms with Gasteiger partial charge in [-0.15, -0.1) is 0 Å². The number of likely N-dealkylation sites (tertiary alicyclic amines) is 1. The molecule has 2 fully saturated rings. The predicted molar refractivity (Wildman–Crippen MR) is 95.3 cm³/mol. The third-order valence-electron chi connectivity index (χ3n) is 5.93. The minimum atomic E-state index is 0.253. The summed E-state index contributed by atoms with van der Waals surface area (Å²) in [6.07, 6.45) is 11.2. The lowest BCUT2D eigenvalue weighted by atomic mass is 9.73. The molecule has 1 aromatic carbocycles. The molecule has 3 rings (SSSR count). The van der Waals surface area contributed by atoms with E-state index in [2.05, 4.69) is 49.9 Å². The Balaban J connectivity index is 1.91. The quantitative estimate of drug-likeness (QED) is 0.684. The van der Waals surface area contributed by atoms with Gasteiger partial charge in [0.25, 0.3) is 0 Å². The zero-order valence-corrected chi connectivity index (χ0v) is 14.8. The molecule has 0 atom stereocenters. The van der Waals surface area contributed by atoms with E-state index >= 15 is 0 Å². The summed E-state index contributed by atoms with van der Waals surface area (Å²) in [4.78, 5) is 2.84. The van der Waals surface area contributed by atoms with Crippen LogP contribution < -0.4 is 0 Å². The molecule has 0 bridgehead atoms. The van der Waals surface area contributed by atoms with E-state index in [0.717, 1.165) is 0 Å². The number of nitrogens with zero attached hydrogens (tertiary/aromatic N) is 1. The minimum Gasteiger partial charge on any atom is -0.294 e. The molecule has 0 amide bonds. The molecular formula is C21H33N. The van der Waals surface area contributed by atoms with Crippen molar-refractivity contribution in [3.05, 3.63) is 35.4 Å². The number of rotatable bonds is 2. The van der Waals surface area contributed by atoms with Gasteiger partial charge in [-0.3, -0.25) is 4.90 Å². The molecule has 0 aromatic heterocycles. The second-order valence-corrected chi connectivity index (χ2v) is 8.47. The smallest absolute Gasteiger partial charge is 0.0460 e. The van der Waals surface area contributed by atoms with Crippen molar-refractivity contribution in [3.63, 3.8) is 0 Å². The Morgan fingerprint density at radius 3 is 1.86 bits per heavy atom. The summed E-state index contributed by atoms with van der Waals surface area (Å²) in [7, 11) is 0. The van der Waals surface area contributed by atoms with Gasteiger partial charge in [-0.2, -0.15) is 0 Å². The SMILES string of the molecule is CC(C)(C)c1ccc(C2(N3CCCCC3)CCCCC2)cc1. The van der Waals surface area contributed by atoms with Gasteiger partial charge < -0.3 is 0 Å². The summed E-state index contributed by atoms with van der Waals surface area (Å²) >= 11 is 0. The van der Waals surface area contributed by atoms with Crippen molar-refractivity contribution in [2.75, 3.05) is 13.1 Å². The lowest BCUT2D eigenvalue weighted by molar-refractivity contribution is 0.0303. The minimum absolute atomic E-state index is 0.253. The number of piperidine rings is 1. The van der Waals surface area contributed by atoms with E-state index in [1.807, 2.05) is 0 Å². The molecule has 1 heteroatoms. The monoisotopic (exact) mass is 299 g/mol. The second kappa shape index (κ2) is 6.35. The summed E-state index contributed by atoms with van der Waals surface area (Å²) in [5, 5.41) is 0. The van der Waals surface area contributed by atoms with Crippen LogP contribution in [0.1, 0.15) is 83.3 Å². The first kappa shape index (κ1) is 16.1. The largest absolute Gasteiger partial charge is 0.294 e. The van der Waals surface area contributed by atoms with Gasteiger partial charge in [0.05, 0.1) is 0 Å². The number of hydrogen-bond acceptors (Lipinski definition) is 1. The number of benzene rings is 1. The fraction of sp³-hybridized carbons (Fsp3) is 0.714. The van der Waals surface area contributed by atoms with E-state index in [-0.39, 0.29) is 5.41 Å². The third kappa shape index (κ3) is 3.11. The Hall–Kier alpha value is -0.820. The maximum Gasteiger partial charge on any atom is 0.0460 e. The van der Waals surface area contributed by atoms with Crippen LogP contribution in [0.5, 0.6) is 0 Å². The first-order valence-electron chi connectivity index (χ1n) is 9.38. The van der Waals surface area contributed by atoms with Crippen molar-refractivity contribution in [2.24, 2.45) is 0 Å². The maximum atomic E-state index is 2.84. The van der Waals surface area contributed by atoms with E-state index in [9.17, 15) is 0 Å². The topological polar surface area (TPSA) is 3.24 Å². The molecule has 1 aliphatic carbocycles. The third-order valence-corrected chi connectivity index (χ3v) is 5.93. The van der Waals surface area contributed by atoms with Gasteiger partial charge in [0, 0.05) is 5.54 Å². The summed E-state index contributed by atoms with van der Waals surface area (Å²) < 4.78 is 0. The van der Waals surface area contributed by atoms with Crippen LogP contribution in [0.25, 0.3) is 0 Å². The lowest BCUT2D eigenvalue weighted by Crippen LogP contribution is -2.49. The summed E-state index contributed by atoms with van der Waals surface area (Å²) in [6.45, 7) is 9.54. The molecule has 1 aliphatic heterocycles. The molecule has 0 radical (unpaired) electrons. The lowest BCUT2D eigenvalue weighted by Gasteiger charge is -2.49. The first-order chi connectivity index (χ1) is 10.5. The number of hydrogen-bond donors (Lipinski definition) is 0. The summed E-state index contributed by atoms with van der Waals surface area (Å²) in [5.41, 5.74) is 3.64. The van der Waals surface area contributed by atoms with E-state index < -0.39 is 0 Å². The average molecular weight is 300 g/mol. The highest BCUT2D eigenvalue weighted by molar-refractivity contribution is 5.32. The summed E-state index contributed by atoms with van der Waals surface area (Å²) in [5.74, 6) is 0. The van der Waals surface area contributed by atoms with Gasteiger partial charge >= 0.3 is 0 Å². The highest BCUT2D eigenvalue weighted by Gasteiger charge is 2.39. The predicted octanol–water partition coefficient (Wildman–Crippen LogP) is 5.63. The average Bonchev–Trinajstić information content (AvgIpc) is 2.56. The highest BCUT2D eigenvalue weighted by Crippen LogP contribution is 2.43. The molecule has 1 heterocycles. The molecule has 1 saturated carbocycles. The normalized spacial score (nSPS) is 23.4. The van der Waals surface area contributed by atoms with Gasteiger partial charge in [-0.05, 0) is 55.3 Å². The van der Waals surface area contributed by atoms with Crippen LogP contribution in [-0.2, 0) is 11.0 Å². The molecule has 1 aromatic rings. The molecule has 1 saturated heterocycles. The van der Waals surface area contributed by atoms with Crippen LogP contribution in [-0.4, -0.2) is 18.0 Å². The zero-order chi connectivity index (χ0) is 15.6. The van der Waals surface area contributed by atoms with Crippen molar-refractivity contribution in [2.45, 2.75) is 83.1 Å². The fourth-order valence-electron chi connectivity index (χ4n) is 4.53. The van der Waals surface area contributed by atoms with Crippen molar-refractivity contribution < 1.29 is 0 Å². The van der Waals surface area contributed by atoms with Crippen LogP contribution in [0.3, 0.4) is 0 Å². The van der Waals surface area contributed by atoms with Crippen LogP contribution in [0, 0.1) is 0 Å². The Morgan fingerprint density at radius 1 is 0.773 bits per heavy atom. The second-order valence-electron chi connectivity index (χ2n) is 8.47. The Morgan fingerprint density at radius 2 is 1.32 bits per heavy atom. The van der Waals surface area contributed by atoms with E-state index in [4.69, 9.17) is 0 Å². The molecule has 122 valence electrons. The molecule has 1 nitrogen and oxygen atoms in total. The molecular weight excluding hydrogens is 266 g/mol. The van der Waals surface area contributed by atoms with Gasteiger partial charge in [0.1, 0.15) is 0 Å². The van der Waals surface area contributed by atoms with E-state index in [1.165, 1.54) is 70.0 Å². The Labute approximate surface area is 137 Å². The summed E-state index contributed by atoms with van der Waals surface area (Å²) in [6, 6.07) is 9.66. The van der Waals surface area contributed by atoms with Crippen molar-refractivity contribution in [3.8, 4) is 0 Å². The zero-order valence-electron chi connectivity index (χ0n) is 14.8. The van der Waals surface area contributed by atoms with Crippen molar-refractivity contribution in [1.29, 1.82) is 0 Å².